The first-order valence-electron chi connectivity index (χ1n) is 6.54. The van der Waals surface area contributed by atoms with Crippen LogP contribution < -0.4 is 10.1 Å². The van der Waals surface area contributed by atoms with Crippen molar-refractivity contribution in [3.8, 4) is 5.75 Å². The van der Waals surface area contributed by atoms with Gasteiger partial charge < -0.3 is 10.1 Å². The smallest absolute Gasteiger partial charge is 0.142 e. The van der Waals surface area contributed by atoms with Crippen molar-refractivity contribution < 1.29 is 4.74 Å². The largest absolute Gasteiger partial charge is 0.492 e. The summed E-state index contributed by atoms with van der Waals surface area (Å²) in [5, 5.41) is 4.80. The van der Waals surface area contributed by atoms with E-state index in [-0.39, 0.29) is 12.4 Å². The second-order valence-corrected chi connectivity index (χ2v) is 5.51. The standard InChI is InChI=1S/C14H19Cl2NO.ClH/c1-2-18-14-10(7-11(15)8-13(14)16)9-17-12-5-3-4-6-12;/h7-8,12,17H,2-6,9H2,1H3;1H. The molecule has 2 nitrogen and oxygen atoms in total. The van der Waals surface area contributed by atoms with Gasteiger partial charge in [-0.2, -0.15) is 0 Å². The number of nitrogens with one attached hydrogen (secondary N) is 1. The molecule has 19 heavy (non-hydrogen) atoms. The Kier molecular flexibility index (Phi) is 7.30. The van der Waals surface area contributed by atoms with Crippen LogP contribution in [0.4, 0.5) is 0 Å². The monoisotopic (exact) mass is 323 g/mol. The van der Waals surface area contributed by atoms with Crippen LogP contribution in [-0.2, 0) is 6.54 Å². The third-order valence-corrected chi connectivity index (χ3v) is 3.81. The molecule has 0 unspecified atom stereocenters. The van der Waals surface area contributed by atoms with Crippen LogP contribution in [0.5, 0.6) is 5.75 Å². The Morgan fingerprint density at radius 3 is 2.58 bits per heavy atom. The van der Waals surface area contributed by atoms with Gasteiger partial charge in [-0.25, -0.2) is 0 Å². The van der Waals surface area contributed by atoms with Crippen LogP contribution in [0, 0.1) is 0 Å². The van der Waals surface area contributed by atoms with Gasteiger partial charge >= 0.3 is 0 Å². The molecule has 0 amide bonds. The molecule has 1 aliphatic carbocycles. The van der Waals surface area contributed by atoms with E-state index in [1.807, 2.05) is 13.0 Å². The number of hydrogen-bond donors (Lipinski definition) is 1. The van der Waals surface area contributed by atoms with Gasteiger partial charge in [-0.1, -0.05) is 36.0 Å². The minimum Gasteiger partial charge on any atom is -0.492 e. The van der Waals surface area contributed by atoms with Crippen LogP contribution in [0.15, 0.2) is 12.1 Å². The number of halogens is 3. The number of benzene rings is 1. The van der Waals surface area contributed by atoms with Crippen molar-refractivity contribution >= 4 is 35.6 Å². The fourth-order valence-corrected chi connectivity index (χ4v) is 3.03. The zero-order valence-corrected chi connectivity index (χ0v) is 13.4. The van der Waals surface area contributed by atoms with Crippen molar-refractivity contribution in [2.45, 2.75) is 45.2 Å². The maximum absolute atomic E-state index is 6.17. The molecular formula is C14H20Cl3NO. The fraction of sp³-hybridized carbons (Fsp3) is 0.571. The minimum absolute atomic E-state index is 0. The lowest BCUT2D eigenvalue weighted by Crippen LogP contribution is -2.25. The van der Waals surface area contributed by atoms with Crippen LogP contribution in [-0.4, -0.2) is 12.6 Å². The van der Waals surface area contributed by atoms with Gasteiger partial charge in [-0.15, -0.1) is 12.4 Å². The molecule has 1 N–H and O–H groups in total. The molecule has 0 bridgehead atoms. The Morgan fingerprint density at radius 2 is 1.95 bits per heavy atom. The van der Waals surface area contributed by atoms with E-state index in [1.54, 1.807) is 6.07 Å². The van der Waals surface area contributed by atoms with Crippen molar-refractivity contribution in [1.82, 2.24) is 5.32 Å². The average Bonchev–Trinajstić information content (AvgIpc) is 2.83. The van der Waals surface area contributed by atoms with E-state index in [1.165, 1.54) is 25.7 Å². The van der Waals surface area contributed by atoms with E-state index in [0.717, 1.165) is 17.9 Å². The minimum atomic E-state index is 0. The first-order valence-corrected chi connectivity index (χ1v) is 7.30. The topological polar surface area (TPSA) is 21.3 Å². The molecule has 0 aromatic heterocycles. The van der Waals surface area contributed by atoms with Gasteiger partial charge in [-0.3, -0.25) is 0 Å². The van der Waals surface area contributed by atoms with Crippen LogP contribution in [0.25, 0.3) is 0 Å². The lowest BCUT2D eigenvalue weighted by atomic mass is 10.1. The molecule has 1 aromatic carbocycles. The quantitative estimate of drug-likeness (QED) is 0.836. The molecular weight excluding hydrogens is 305 g/mol. The van der Waals surface area contributed by atoms with Gasteiger partial charge in [-0.05, 0) is 31.9 Å². The normalized spacial score (nSPS) is 15.3. The van der Waals surface area contributed by atoms with Gasteiger partial charge in [0.25, 0.3) is 0 Å². The highest BCUT2D eigenvalue weighted by Gasteiger charge is 2.16. The van der Waals surface area contributed by atoms with Crippen LogP contribution in [0.1, 0.15) is 38.2 Å². The summed E-state index contributed by atoms with van der Waals surface area (Å²) in [4.78, 5) is 0. The molecule has 0 atom stereocenters. The van der Waals surface area contributed by atoms with Crippen molar-refractivity contribution in [2.75, 3.05) is 6.61 Å². The maximum Gasteiger partial charge on any atom is 0.142 e. The third-order valence-electron chi connectivity index (χ3n) is 3.31. The zero-order chi connectivity index (χ0) is 13.0. The van der Waals surface area contributed by atoms with Crippen molar-refractivity contribution in [3.63, 3.8) is 0 Å². The maximum atomic E-state index is 6.17. The summed E-state index contributed by atoms with van der Waals surface area (Å²) >= 11 is 12.2. The molecule has 0 aliphatic heterocycles. The van der Waals surface area contributed by atoms with Gasteiger partial charge in [0.15, 0.2) is 0 Å². The van der Waals surface area contributed by atoms with E-state index in [4.69, 9.17) is 27.9 Å². The van der Waals surface area contributed by atoms with Gasteiger partial charge in [0.1, 0.15) is 5.75 Å². The van der Waals surface area contributed by atoms with Crippen LogP contribution in [0.2, 0.25) is 10.0 Å². The highest BCUT2D eigenvalue weighted by Crippen LogP contribution is 2.32. The summed E-state index contributed by atoms with van der Waals surface area (Å²) in [6.45, 7) is 3.33. The Hall–Kier alpha value is -0.150. The molecule has 0 spiro atoms. The molecule has 1 saturated carbocycles. The Morgan fingerprint density at radius 1 is 1.26 bits per heavy atom. The van der Waals surface area contributed by atoms with E-state index >= 15 is 0 Å². The molecule has 1 aliphatic rings. The highest BCUT2D eigenvalue weighted by atomic mass is 35.5. The highest BCUT2D eigenvalue weighted by molar-refractivity contribution is 6.35. The third kappa shape index (κ3) is 4.71. The predicted molar refractivity (Wildman–Crippen MR) is 84.0 cm³/mol. The van der Waals surface area contributed by atoms with Gasteiger partial charge in [0.2, 0.25) is 0 Å². The van der Waals surface area contributed by atoms with E-state index in [9.17, 15) is 0 Å². The Labute approximate surface area is 131 Å². The summed E-state index contributed by atoms with van der Waals surface area (Å²) in [6.07, 6.45) is 5.18. The van der Waals surface area contributed by atoms with Crippen molar-refractivity contribution in [3.05, 3.63) is 27.7 Å². The van der Waals surface area contributed by atoms with E-state index in [0.29, 0.717) is 22.7 Å². The SMILES string of the molecule is CCOc1c(Cl)cc(Cl)cc1CNC1CCCC1.Cl. The molecule has 0 heterocycles. The van der Waals surface area contributed by atoms with Gasteiger partial charge in [0, 0.05) is 23.2 Å². The summed E-state index contributed by atoms with van der Waals surface area (Å²) in [6, 6.07) is 4.28. The predicted octanol–water partition coefficient (Wildman–Crippen LogP) is 4.85. The lowest BCUT2D eigenvalue weighted by Gasteiger charge is -2.16. The summed E-state index contributed by atoms with van der Waals surface area (Å²) < 4.78 is 5.61. The molecule has 2 rings (SSSR count). The second kappa shape index (κ2) is 8.21. The van der Waals surface area contributed by atoms with Crippen molar-refractivity contribution in [1.29, 1.82) is 0 Å². The molecule has 0 radical (unpaired) electrons. The van der Waals surface area contributed by atoms with Crippen molar-refractivity contribution in [2.24, 2.45) is 0 Å². The van der Waals surface area contributed by atoms with Crippen LogP contribution in [0.3, 0.4) is 0 Å². The molecule has 0 saturated heterocycles. The summed E-state index contributed by atoms with van der Waals surface area (Å²) in [5.41, 5.74) is 1.04. The molecule has 1 aromatic rings. The van der Waals surface area contributed by atoms with Crippen LogP contribution >= 0.6 is 35.6 Å². The second-order valence-electron chi connectivity index (χ2n) is 4.67. The van der Waals surface area contributed by atoms with Gasteiger partial charge in [0.05, 0.1) is 11.6 Å². The number of rotatable bonds is 5. The molecule has 5 heteroatoms. The molecule has 1 fully saturated rings. The number of hydrogen-bond acceptors (Lipinski definition) is 2. The summed E-state index contributed by atoms with van der Waals surface area (Å²) in [7, 11) is 0. The molecule has 108 valence electrons. The fourth-order valence-electron chi connectivity index (χ4n) is 2.44. The lowest BCUT2D eigenvalue weighted by molar-refractivity contribution is 0.335. The first kappa shape index (κ1) is 16.9. The Bertz CT molecular complexity index is 406. The van der Waals surface area contributed by atoms with E-state index < -0.39 is 0 Å². The van der Waals surface area contributed by atoms with E-state index in [2.05, 4.69) is 5.32 Å². The average molecular weight is 325 g/mol. The Balaban J connectivity index is 0.00000180. The summed E-state index contributed by atoms with van der Waals surface area (Å²) in [5.74, 6) is 0.758. The first-order chi connectivity index (χ1) is 8.70. The number of ether oxygens (including phenoxy) is 1. The zero-order valence-electron chi connectivity index (χ0n) is 11.0.